The van der Waals surface area contributed by atoms with Gasteiger partial charge in [0.2, 0.25) is 0 Å². The molecule has 0 aliphatic heterocycles. The number of H-pyrrole nitrogens is 1. The summed E-state index contributed by atoms with van der Waals surface area (Å²) in [6, 6.07) is 19.6. The first-order valence-corrected chi connectivity index (χ1v) is 9.09. The molecular weight excluding hydrogens is 352 g/mol. The fourth-order valence-corrected chi connectivity index (χ4v) is 3.53. The molecule has 3 rings (SSSR count). The van der Waals surface area contributed by atoms with Gasteiger partial charge in [-0.1, -0.05) is 60.7 Å². The van der Waals surface area contributed by atoms with Gasteiger partial charge in [-0.2, -0.15) is 0 Å². The third kappa shape index (κ3) is 3.43. The van der Waals surface area contributed by atoms with Gasteiger partial charge < -0.3 is 15.0 Å². The van der Waals surface area contributed by atoms with E-state index in [9.17, 15) is 9.59 Å². The lowest BCUT2D eigenvalue weighted by Crippen LogP contribution is -2.44. The zero-order valence-corrected chi connectivity index (χ0v) is 16.5. The predicted octanol–water partition coefficient (Wildman–Crippen LogP) is 4.11. The number of rotatable bonds is 5. The van der Waals surface area contributed by atoms with Crippen LogP contribution >= 0.6 is 0 Å². The molecule has 0 bridgehead atoms. The number of amides is 1. The Balaban J connectivity index is 2.04. The van der Waals surface area contributed by atoms with E-state index >= 15 is 0 Å². The normalized spacial score (nSPS) is 11.1. The minimum Gasteiger partial charge on any atom is -0.465 e. The van der Waals surface area contributed by atoms with E-state index in [2.05, 4.69) is 10.3 Å². The first-order valence-electron chi connectivity index (χ1n) is 9.09. The lowest BCUT2D eigenvalue weighted by atomic mass is 9.84. The molecule has 0 atom stereocenters. The van der Waals surface area contributed by atoms with Crippen molar-refractivity contribution in [2.24, 2.45) is 0 Å². The van der Waals surface area contributed by atoms with Gasteiger partial charge in [-0.3, -0.25) is 4.79 Å². The van der Waals surface area contributed by atoms with Crippen molar-refractivity contribution >= 4 is 11.9 Å². The van der Waals surface area contributed by atoms with Gasteiger partial charge in [0.15, 0.2) is 0 Å². The summed E-state index contributed by atoms with van der Waals surface area (Å²) in [4.78, 5) is 28.3. The van der Waals surface area contributed by atoms with Crippen LogP contribution in [-0.2, 0) is 10.3 Å². The summed E-state index contributed by atoms with van der Waals surface area (Å²) in [7, 11) is 1.33. The third-order valence-corrected chi connectivity index (χ3v) is 5.12. The highest BCUT2D eigenvalue weighted by atomic mass is 16.5. The zero-order chi connectivity index (χ0) is 20.3. The molecule has 0 spiro atoms. The molecule has 0 unspecified atom stereocenters. The molecule has 3 aromatic rings. The van der Waals surface area contributed by atoms with Gasteiger partial charge in [-0.25, -0.2) is 4.79 Å². The van der Waals surface area contributed by atoms with Gasteiger partial charge in [0.25, 0.3) is 5.91 Å². The molecule has 1 aromatic heterocycles. The molecule has 0 saturated carbocycles. The number of esters is 1. The fraction of sp³-hybridized carbons (Fsp3) is 0.217. The van der Waals surface area contributed by atoms with E-state index < -0.39 is 11.5 Å². The van der Waals surface area contributed by atoms with Crippen molar-refractivity contribution in [2.45, 2.75) is 26.3 Å². The van der Waals surface area contributed by atoms with E-state index in [4.69, 9.17) is 4.74 Å². The van der Waals surface area contributed by atoms with E-state index in [-0.39, 0.29) is 5.91 Å². The number of hydrogen-bond acceptors (Lipinski definition) is 3. The number of aromatic nitrogens is 1. The Hall–Kier alpha value is -3.34. The van der Waals surface area contributed by atoms with E-state index in [1.54, 1.807) is 13.8 Å². The Morgan fingerprint density at radius 2 is 1.43 bits per heavy atom. The van der Waals surface area contributed by atoms with Gasteiger partial charge >= 0.3 is 5.97 Å². The second kappa shape index (κ2) is 7.72. The topological polar surface area (TPSA) is 71.2 Å². The average molecular weight is 376 g/mol. The number of aromatic amines is 1. The summed E-state index contributed by atoms with van der Waals surface area (Å²) in [5.41, 5.74) is 3.12. The fourth-order valence-electron chi connectivity index (χ4n) is 3.53. The van der Waals surface area contributed by atoms with Crippen molar-refractivity contribution in [1.29, 1.82) is 0 Å². The second-order valence-electron chi connectivity index (χ2n) is 6.93. The summed E-state index contributed by atoms with van der Waals surface area (Å²) in [5, 5.41) is 3.16. The molecule has 0 saturated heterocycles. The van der Waals surface area contributed by atoms with Crippen LogP contribution in [-0.4, -0.2) is 24.0 Å². The van der Waals surface area contributed by atoms with Crippen LogP contribution in [0.4, 0.5) is 0 Å². The van der Waals surface area contributed by atoms with Gasteiger partial charge in [-0.15, -0.1) is 0 Å². The minimum atomic E-state index is -0.740. The number of aryl methyl sites for hydroxylation is 1. The van der Waals surface area contributed by atoms with Crippen molar-refractivity contribution in [3.05, 3.63) is 94.3 Å². The molecule has 0 aliphatic rings. The summed E-state index contributed by atoms with van der Waals surface area (Å²) in [5.74, 6) is -0.745. The van der Waals surface area contributed by atoms with Crippen LogP contribution in [0.2, 0.25) is 0 Å². The van der Waals surface area contributed by atoms with E-state index in [0.29, 0.717) is 22.5 Å². The molecule has 1 heterocycles. The van der Waals surface area contributed by atoms with Crippen LogP contribution in [0.15, 0.2) is 60.7 Å². The maximum Gasteiger partial charge on any atom is 0.339 e. The van der Waals surface area contributed by atoms with Crippen molar-refractivity contribution < 1.29 is 14.3 Å². The maximum atomic E-state index is 13.2. The Kier molecular flexibility index (Phi) is 5.36. The molecule has 0 fully saturated rings. The van der Waals surface area contributed by atoms with Gasteiger partial charge in [0.05, 0.1) is 18.2 Å². The molecule has 2 N–H and O–H groups in total. The van der Waals surface area contributed by atoms with Crippen LogP contribution in [0.3, 0.4) is 0 Å². The van der Waals surface area contributed by atoms with Crippen molar-refractivity contribution in [1.82, 2.24) is 10.3 Å². The average Bonchev–Trinajstić information content (AvgIpc) is 3.03. The van der Waals surface area contributed by atoms with E-state index in [1.807, 2.05) is 67.6 Å². The Morgan fingerprint density at radius 1 is 0.929 bits per heavy atom. The Labute approximate surface area is 164 Å². The summed E-state index contributed by atoms with van der Waals surface area (Å²) >= 11 is 0. The lowest BCUT2D eigenvalue weighted by molar-refractivity contribution is 0.0599. The van der Waals surface area contributed by atoms with E-state index in [0.717, 1.165) is 11.1 Å². The van der Waals surface area contributed by atoms with Crippen molar-refractivity contribution in [2.75, 3.05) is 7.11 Å². The number of methoxy groups -OCH3 is 1. The zero-order valence-electron chi connectivity index (χ0n) is 16.5. The second-order valence-corrected chi connectivity index (χ2v) is 6.93. The van der Waals surface area contributed by atoms with Crippen molar-refractivity contribution in [3.63, 3.8) is 0 Å². The highest BCUT2D eigenvalue weighted by molar-refractivity contribution is 6.01. The number of carbonyl (C=O) groups excluding carboxylic acids is 2. The third-order valence-electron chi connectivity index (χ3n) is 5.12. The standard InChI is InChI=1S/C23H24N2O3/c1-15-19(22(27)28-4)16(2)24-20(15)21(26)25-23(3,17-11-7-5-8-12-17)18-13-9-6-10-14-18/h5-14,24H,1-4H3,(H,25,26). The monoisotopic (exact) mass is 376 g/mol. The van der Waals surface area contributed by atoms with Crippen molar-refractivity contribution in [3.8, 4) is 0 Å². The Bertz CT molecular complexity index is 952. The van der Waals surface area contributed by atoms with Crippen LogP contribution in [0.25, 0.3) is 0 Å². The highest BCUT2D eigenvalue weighted by Crippen LogP contribution is 2.30. The van der Waals surface area contributed by atoms with Gasteiger partial charge in [0.1, 0.15) is 5.69 Å². The predicted molar refractivity (Wildman–Crippen MR) is 108 cm³/mol. The van der Waals surface area contributed by atoms with E-state index in [1.165, 1.54) is 7.11 Å². The van der Waals surface area contributed by atoms with Gasteiger partial charge in [-0.05, 0) is 37.5 Å². The summed E-state index contributed by atoms with van der Waals surface area (Å²) in [6.07, 6.45) is 0. The molecule has 0 radical (unpaired) electrons. The minimum absolute atomic E-state index is 0.286. The van der Waals surface area contributed by atoms with Crippen LogP contribution in [0, 0.1) is 13.8 Å². The first kappa shape index (κ1) is 19.4. The van der Waals surface area contributed by atoms with Crippen LogP contribution in [0.5, 0.6) is 0 Å². The number of hydrogen-bond donors (Lipinski definition) is 2. The number of benzene rings is 2. The number of carbonyl (C=O) groups is 2. The number of ether oxygens (including phenoxy) is 1. The lowest BCUT2D eigenvalue weighted by Gasteiger charge is -2.32. The quantitative estimate of drug-likeness (QED) is 0.658. The summed E-state index contributed by atoms with van der Waals surface area (Å²) in [6.45, 7) is 5.47. The maximum absolute atomic E-state index is 13.2. The highest BCUT2D eigenvalue weighted by Gasteiger charge is 2.32. The smallest absolute Gasteiger partial charge is 0.339 e. The molecule has 5 heteroatoms. The Morgan fingerprint density at radius 3 is 1.89 bits per heavy atom. The molecular formula is C23H24N2O3. The number of nitrogens with one attached hydrogen (secondary N) is 2. The summed E-state index contributed by atoms with van der Waals surface area (Å²) < 4.78 is 4.84. The molecule has 0 aliphatic carbocycles. The molecule has 144 valence electrons. The molecule has 5 nitrogen and oxygen atoms in total. The van der Waals surface area contributed by atoms with Crippen LogP contribution < -0.4 is 5.32 Å². The largest absolute Gasteiger partial charge is 0.465 e. The molecule has 28 heavy (non-hydrogen) atoms. The van der Waals surface area contributed by atoms with Gasteiger partial charge in [0, 0.05) is 5.69 Å². The molecule has 1 amide bonds. The SMILES string of the molecule is COC(=O)c1c(C)[nH]c(C(=O)NC(C)(c2ccccc2)c2ccccc2)c1C. The molecule has 2 aromatic carbocycles. The first-order chi connectivity index (χ1) is 13.4. The van der Waals surface area contributed by atoms with Crippen LogP contribution in [0.1, 0.15) is 50.2 Å².